The van der Waals surface area contributed by atoms with E-state index in [4.69, 9.17) is 4.74 Å². The first-order valence-electron chi connectivity index (χ1n) is 7.70. The standard InChI is InChI=1S/C17H21N3O4S/c1-13(2)24-16-8-6-15(7-9-16)20(25(3,22)23)12-17(21)19-14-5-4-10-18-11-14/h4-11,13H,12H2,1-3H3,(H,19,21). The van der Waals surface area contributed by atoms with Crippen molar-refractivity contribution >= 4 is 27.3 Å². The summed E-state index contributed by atoms with van der Waals surface area (Å²) in [6.45, 7) is 3.47. The third-order valence-electron chi connectivity index (χ3n) is 3.13. The van der Waals surface area contributed by atoms with Gasteiger partial charge in [0.2, 0.25) is 15.9 Å². The molecular weight excluding hydrogens is 342 g/mol. The molecule has 2 aromatic rings. The lowest BCUT2D eigenvalue weighted by molar-refractivity contribution is -0.114. The minimum atomic E-state index is -3.63. The van der Waals surface area contributed by atoms with E-state index in [0.29, 0.717) is 17.1 Å². The Hall–Kier alpha value is -2.61. The highest BCUT2D eigenvalue weighted by molar-refractivity contribution is 7.92. The number of carbonyl (C=O) groups is 1. The quantitative estimate of drug-likeness (QED) is 0.815. The minimum Gasteiger partial charge on any atom is -0.491 e. The van der Waals surface area contributed by atoms with Crippen molar-refractivity contribution in [3.63, 3.8) is 0 Å². The van der Waals surface area contributed by atoms with E-state index in [1.165, 1.54) is 6.20 Å². The molecule has 1 aromatic heterocycles. The molecule has 0 saturated heterocycles. The van der Waals surface area contributed by atoms with Crippen LogP contribution in [0.2, 0.25) is 0 Å². The Morgan fingerprint density at radius 2 is 1.92 bits per heavy atom. The van der Waals surface area contributed by atoms with Crippen molar-refractivity contribution in [3.05, 3.63) is 48.8 Å². The summed E-state index contributed by atoms with van der Waals surface area (Å²) < 4.78 is 30.7. The van der Waals surface area contributed by atoms with E-state index in [1.54, 1.807) is 42.6 Å². The highest BCUT2D eigenvalue weighted by atomic mass is 32.2. The van der Waals surface area contributed by atoms with Crippen LogP contribution in [0.3, 0.4) is 0 Å². The molecule has 0 aliphatic rings. The maximum atomic E-state index is 12.2. The van der Waals surface area contributed by atoms with Gasteiger partial charge in [0.1, 0.15) is 12.3 Å². The first kappa shape index (κ1) is 18.7. The second kappa shape index (κ2) is 7.98. The minimum absolute atomic E-state index is 0.0159. The average molecular weight is 363 g/mol. The molecular formula is C17H21N3O4S. The van der Waals surface area contributed by atoms with Crippen LogP contribution in [0.1, 0.15) is 13.8 Å². The predicted molar refractivity (Wildman–Crippen MR) is 97.3 cm³/mol. The number of anilines is 2. The summed E-state index contributed by atoms with van der Waals surface area (Å²) in [4.78, 5) is 16.1. The molecule has 0 spiro atoms. The fraction of sp³-hybridized carbons (Fsp3) is 0.294. The lowest BCUT2D eigenvalue weighted by atomic mass is 10.3. The van der Waals surface area contributed by atoms with E-state index >= 15 is 0 Å². The number of aromatic nitrogens is 1. The van der Waals surface area contributed by atoms with Crippen molar-refractivity contribution in [2.45, 2.75) is 20.0 Å². The Balaban J connectivity index is 2.15. The molecule has 1 aromatic carbocycles. The van der Waals surface area contributed by atoms with Gasteiger partial charge in [0.25, 0.3) is 0 Å². The molecule has 7 nitrogen and oxygen atoms in total. The Kier molecular flexibility index (Phi) is 5.97. The van der Waals surface area contributed by atoms with Gasteiger partial charge in [-0.1, -0.05) is 0 Å². The smallest absolute Gasteiger partial charge is 0.245 e. The van der Waals surface area contributed by atoms with Crippen molar-refractivity contribution in [1.29, 1.82) is 0 Å². The summed E-state index contributed by atoms with van der Waals surface area (Å²) in [5.41, 5.74) is 0.890. The molecule has 1 amide bonds. The summed E-state index contributed by atoms with van der Waals surface area (Å²) in [6.07, 6.45) is 4.14. The average Bonchev–Trinajstić information content (AvgIpc) is 2.53. The Labute approximate surface area is 147 Å². The van der Waals surface area contributed by atoms with E-state index in [0.717, 1.165) is 10.6 Å². The predicted octanol–water partition coefficient (Wildman–Crippen LogP) is 2.27. The number of amides is 1. The highest BCUT2D eigenvalue weighted by Gasteiger charge is 2.21. The van der Waals surface area contributed by atoms with Crippen molar-refractivity contribution < 1.29 is 17.9 Å². The number of sulfonamides is 1. The van der Waals surface area contributed by atoms with Gasteiger partial charge in [0.05, 0.1) is 29.9 Å². The summed E-state index contributed by atoms with van der Waals surface area (Å²) >= 11 is 0. The van der Waals surface area contributed by atoms with Gasteiger partial charge in [-0.25, -0.2) is 8.42 Å². The Morgan fingerprint density at radius 3 is 2.44 bits per heavy atom. The number of hydrogen-bond acceptors (Lipinski definition) is 5. The van der Waals surface area contributed by atoms with E-state index in [2.05, 4.69) is 10.3 Å². The second-order valence-electron chi connectivity index (χ2n) is 5.72. The zero-order valence-corrected chi connectivity index (χ0v) is 15.2. The normalized spacial score (nSPS) is 11.2. The molecule has 1 heterocycles. The molecule has 0 atom stereocenters. The molecule has 25 heavy (non-hydrogen) atoms. The number of benzene rings is 1. The summed E-state index contributed by atoms with van der Waals surface area (Å²) in [6, 6.07) is 9.91. The number of nitrogens with one attached hydrogen (secondary N) is 1. The first-order chi connectivity index (χ1) is 11.8. The van der Waals surface area contributed by atoms with Gasteiger partial charge in [-0.2, -0.15) is 0 Å². The molecule has 0 unspecified atom stereocenters. The van der Waals surface area contributed by atoms with Crippen LogP contribution in [0.25, 0.3) is 0 Å². The van der Waals surface area contributed by atoms with Crippen molar-refractivity contribution in [1.82, 2.24) is 4.98 Å². The molecule has 0 radical (unpaired) electrons. The van der Waals surface area contributed by atoms with E-state index in [-0.39, 0.29) is 12.6 Å². The number of hydrogen-bond donors (Lipinski definition) is 1. The van der Waals surface area contributed by atoms with Gasteiger partial charge in [0, 0.05) is 6.20 Å². The third kappa shape index (κ3) is 5.75. The topological polar surface area (TPSA) is 88.6 Å². The summed E-state index contributed by atoms with van der Waals surface area (Å²) in [5, 5.41) is 2.62. The fourth-order valence-electron chi connectivity index (χ4n) is 2.13. The number of ether oxygens (including phenoxy) is 1. The maximum Gasteiger partial charge on any atom is 0.245 e. The molecule has 1 N–H and O–H groups in total. The van der Waals surface area contributed by atoms with E-state index < -0.39 is 15.9 Å². The van der Waals surface area contributed by atoms with Gasteiger partial charge in [-0.15, -0.1) is 0 Å². The number of rotatable bonds is 7. The third-order valence-corrected chi connectivity index (χ3v) is 4.27. The van der Waals surface area contributed by atoms with Crippen LogP contribution in [0.4, 0.5) is 11.4 Å². The van der Waals surface area contributed by atoms with E-state index in [1.807, 2.05) is 13.8 Å². The molecule has 0 fully saturated rings. The fourth-order valence-corrected chi connectivity index (χ4v) is 2.99. The Morgan fingerprint density at radius 1 is 1.24 bits per heavy atom. The first-order valence-corrected chi connectivity index (χ1v) is 9.55. The van der Waals surface area contributed by atoms with Crippen LogP contribution in [0.5, 0.6) is 5.75 Å². The van der Waals surface area contributed by atoms with Crippen molar-refractivity contribution in [2.75, 3.05) is 22.4 Å². The van der Waals surface area contributed by atoms with Crippen molar-refractivity contribution in [3.8, 4) is 5.75 Å². The zero-order chi connectivity index (χ0) is 18.4. The number of nitrogens with zero attached hydrogens (tertiary/aromatic N) is 2. The van der Waals surface area contributed by atoms with Gasteiger partial charge in [0.15, 0.2) is 0 Å². The lowest BCUT2D eigenvalue weighted by Gasteiger charge is -2.22. The SMILES string of the molecule is CC(C)Oc1ccc(N(CC(=O)Nc2cccnc2)S(C)(=O)=O)cc1. The van der Waals surface area contributed by atoms with Gasteiger partial charge < -0.3 is 10.1 Å². The van der Waals surface area contributed by atoms with Crippen LogP contribution in [0.15, 0.2) is 48.8 Å². The maximum absolute atomic E-state index is 12.2. The molecule has 8 heteroatoms. The van der Waals surface area contributed by atoms with Crippen molar-refractivity contribution in [2.24, 2.45) is 0 Å². The summed E-state index contributed by atoms with van der Waals surface area (Å²) in [5.74, 6) is 0.174. The molecule has 2 rings (SSSR count). The molecule has 0 saturated carbocycles. The van der Waals surface area contributed by atoms with Gasteiger partial charge in [-0.05, 0) is 50.2 Å². The number of carbonyl (C=O) groups excluding carboxylic acids is 1. The molecule has 0 bridgehead atoms. The van der Waals surface area contributed by atoms with Crippen LogP contribution < -0.4 is 14.4 Å². The second-order valence-corrected chi connectivity index (χ2v) is 7.63. The van der Waals surface area contributed by atoms with Crippen LogP contribution in [-0.2, 0) is 14.8 Å². The zero-order valence-electron chi connectivity index (χ0n) is 14.3. The van der Waals surface area contributed by atoms with Crippen LogP contribution in [-0.4, -0.2) is 38.2 Å². The monoisotopic (exact) mass is 363 g/mol. The van der Waals surface area contributed by atoms with E-state index in [9.17, 15) is 13.2 Å². The van der Waals surface area contributed by atoms with Crippen LogP contribution in [0, 0.1) is 0 Å². The number of pyridine rings is 1. The summed E-state index contributed by atoms with van der Waals surface area (Å²) in [7, 11) is -3.63. The van der Waals surface area contributed by atoms with Gasteiger partial charge >= 0.3 is 0 Å². The highest BCUT2D eigenvalue weighted by Crippen LogP contribution is 2.22. The molecule has 0 aliphatic carbocycles. The van der Waals surface area contributed by atoms with Crippen LogP contribution >= 0.6 is 0 Å². The molecule has 0 aliphatic heterocycles. The Bertz CT molecular complexity index is 806. The lowest BCUT2D eigenvalue weighted by Crippen LogP contribution is -2.37. The largest absolute Gasteiger partial charge is 0.491 e. The van der Waals surface area contributed by atoms with Gasteiger partial charge in [-0.3, -0.25) is 14.1 Å². The molecule has 134 valence electrons.